The third-order valence-corrected chi connectivity index (χ3v) is 6.02. The van der Waals surface area contributed by atoms with Gasteiger partial charge in [0.05, 0.1) is 5.88 Å². The minimum absolute atomic E-state index is 0.0950. The van der Waals surface area contributed by atoms with E-state index in [0.717, 1.165) is 12.5 Å². The van der Waals surface area contributed by atoms with E-state index in [1.54, 1.807) is 0 Å². The highest BCUT2D eigenvalue weighted by atomic mass is 35.5. The van der Waals surface area contributed by atoms with Crippen molar-refractivity contribution in [1.82, 2.24) is 4.31 Å². The van der Waals surface area contributed by atoms with Crippen molar-refractivity contribution in [3.8, 4) is 0 Å². The van der Waals surface area contributed by atoms with Crippen LogP contribution in [0.3, 0.4) is 0 Å². The molecule has 0 aromatic heterocycles. The number of sulfonamides is 1. The first-order valence-electron chi connectivity index (χ1n) is 6.33. The zero-order chi connectivity index (χ0) is 15.1. The average Bonchev–Trinajstić information content (AvgIpc) is 2.71. The molecular weight excluding hydrogens is 324 g/mol. The van der Waals surface area contributed by atoms with Gasteiger partial charge in [0.15, 0.2) is 0 Å². The summed E-state index contributed by atoms with van der Waals surface area (Å²) in [5, 5.41) is 0.167. The van der Waals surface area contributed by atoms with Crippen molar-refractivity contribution in [1.29, 1.82) is 0 Å². The molecule has 1 aromatic rings. The lowest BCUT2D eigenvalue weighted by molar-refractivity contribution is 0.402. The Morgan fingerprint density at radius 2 is 2.05 bits per heavy atom. The van der Waals surface area contributed by atoms with Crippen LogP contribution in [0.25, 0.3) is 0 Å². The summed E-state index contributed by atoms with van der Waals surface area (Å²) < 4.78 is 40.8. The first-order chi connectivity index (χ1) is 9.27. The summed E-state index contributed by atoms with van der Waals surface area (Å²) in [4.78, 5) is -0.387. The van der Waals surface area contributed by atoms with Crippen LogP contribution >= 0.6 is 23.2 Å². The lowest BCUT2D eigenvalue weighted by atomic mass is 10.1. The Bertz CT molecular complexity index is 621. The van der Waals surface area contributed by atoms with Gasteiger partial charge in [-0.1, -0.05) is 18.5 Å². The highest BCUT2D eigenvalue weighted by Gasteiger charge is 2.38. The molecule has 112 valence electrons. The molecule has 0 spiro atoms. The van der Waals surface area contributed by atoms with Gasteiger partial charge in [0.25, 0.3) is 0 Å². The molecule has 2 rings (SSSR count). The van der Waals surface area contributed by atoms with Gasteiger partial charge in [-0.2, -0.15) is 4.31 Å². The quantitative estimate of drug-likeness (QED) is 0.788. The van der Waals surface area contributed by atoms with Crippen LogP contribution in [0.4, 0.5) is 4.39 Å². The Morgan fingerprint density at radius 1 is 1.40 bits per heavy atom. The van der Waals surface area contributed by atoms with Crippen molar-refractivity contribution in [3.63, 3.8) is 0 Å². The lowest BCUT2D eigenvalue weighted by Crippen LogP contribution is -2.34. The molecule has 1 heterocycles. The van der Waals surface area contributed by atoms with E-state index in [0.29, 0.717) is 6.54 Å². The molecule has 2 atom stereocenters. The Hall–Kier alpha value is -0.360. The average molecular weight is 340 g/mol. The summed E-state index contributed by atoms with van der Waals surface area (Å²) in [5.74, 6) is -0.674. The molecule has 0 aliphatic carbocycles. The van der Waals surface area contributed by atoms with Crippen molar-refractivity contribution in [2.24, 2.45) is 5.92 Å². The fraction of sp³-hybridized carbons (Fsp3) is 0.538. The molecule has 0 N–H and O–H groups in total. The molecule has 1 aliphatic rings. The summed E-state index contributed by atoms with van der Waals surface area (Å²) in [6, 6.07) is 2.35. The monoisotopic (exact) mass is 339 g/mol. The van der Waals surface area contributed by atoms with Gasteiger partial charge >= 0.3 is 0 Å². The maximum atomic E-state index is 14.3. The Labute approximate surface area is 128 Å². The second-order valence-corrected chi connectivity index (χ2v) is 7.84. The predicted octanol–water partition coefficient (Wildman–Crippen LogP) is 3.64. The fourth-order valence-electron chi connectivity index (χ4n) is 2.63. The standard InChI is InChI=1S/C13H16Cl2FNO2S/c1-8-3-9(2)17(7-8)20(18,19)12-5-11(15)4-10(6-14)13(12)16/h4-5,8-9H,3,6-7H2,1-2H3. The van der Waals surface area contributed by atoms with Crippen LogP contribution in [-0.2, 0) is 15.9 Å². The number of alkyl halides is 1. The normalized spacial score (nSPS) is 24.2. The van der Waals surface area contributed by atoms with Crippen LogP contribution in [-0.4, -0.2) is 25.3 Å². The third kappa shape index (κ3) is 2.82. The predicted molar refractivity (Wildman–Crippen MR) is 78.1 cm³/mol. The molecule has 1 aliphatic heterocycles. The van der Waals surface area contributed by atoms with E-state index in [9.17, 15) is 12.8 Å². The number of benzene rings is 1. The second kappa shape index (κ2) is 5.79. The maximum Gasteiger partial charge on any atom is 0.246 e. The topological polar surface area (TPSA) is 37.4 Å². The van der Waals surface area contributed by atoms with Gasteiger partial charge in [-0.15, -0.1) is 11.6 Å². The van der Waals surface area contributed by atoms with E-state index in [-0.39, 0.29) is 33.3 Å². The molecule has 0 bridgehead atoms. The number of hydrogen-bond acceptors (Lipinski definition) is 2. The first-order valence-corrected chi connectivity index (χ1v) is 8.68. The summed E-state index contributed by atoms with van der Waals surface area (Å²) in [6.45, 7) is 4.20. The molecule has 1 fully saturated rings. The Balaban J connectivity index is 2.52. The van der Waals surface area contributed by atoms with Gasteiger partial charge in [0, 0.05) is 23.2 Å². The summed E-state index contributed by atoms with van der Waals surface area (Å²) in [6.07, 6.45) is 0.768. The van der Waals surface area contributed by atoms with E-state index in [1.807, 2.05) is 13.8 Å². The van der Waals surface area contributed by atoms with Crippen molar-refractivity contribution in [3.05, 3.63) is 28.5 Å². The minimum atomic E-state index is -3.89. The summed E-state index contributed by atoms with van der Waals surface area (Å²) >= 11 is 11.5. The van der Waals surface area contributed by atoms with Crippen LogP contribution in [0, 0.1) is 11.7 Å². The van der Waals surface area contributed by atoms with E-state index >= 15 is 0 Å². The zero-order valence-electron chi connectivity index (χ0n) is 11.2. The molecule has 1 aromatic carbocycles. The Morgan fingerprint density at radius 3 is 2.55 bits per heavy atom. The lowest BCUT2D eigenvalue weighted by Gasteiger charge is -2.22. The van der Waals surface area contributed by atoms with Crippen LogP contribution in [0.5, 0.6) is 0 Å². The molecule has 0 radical (unpaired) electrons. The molecule has 3 nitrogen and oxygen atoms in total. The number of nitrogens with zero attached hydrogens (tertiary/aromatic N) is 1. The van der Waals surface area contributed by atoms with Crippen LogP contribution in [0.2, 0.25) is 5.02 Å². The minimum Gasteiger partial charge on any atom is -0.207 e. The van der Waals surface area contributed by atoms with Crippen LogP contribution < -0.4 is 0 Å². The van der Waals surface area contributed by atoms with Crippen LogP contribution in [0.15, 0.2) is 17.0 Å². The summed E-state index contributed by atoms with van der Waals surface area (Å²) in [5.41, 5.74) is 0.0950. The van der Waals surface area contributed by atoms with Crippen LogP contribution in [0.1, 0.15) is 25.8 Å². The van der Waals surface area contributed by atoms with E-state index in [2.05, 4.69) is 0 Å². The molecule has 20 heavy (non-hydrogen) atoms. The van der Waals surface area contributed by atoms with E-state index < -0.39 is 15.8 Å². The van der Waals surface area contributed by atoms with E-state index in [1.165, 1.54) is 10.4 Å². The SMILES string of the molecule is CC1CC(C)N(S(=O)(=O)c2cc(Cl)cc(CCl)c2F)C1. The van der Waals surface area contributed by atoms with Gasteiger partial charge in [-0.05, 0) is 31.4 Å². The van der Waals surface area contributed by atoms with Gasteiger partial charge in [0.1, 0.15) is 10.7 Å². The largest absolute Gasteiger partial charge is 0.246 e. The van der Waals surface area contributed by atoms with Crippen molar-refractivity contribution >= 4 is 33.2 Å². The smallest absolute Gasteiger partial charge is 0.207 e. The number of halogens is 3. The first kappa shape index (κ1) is 16.0. The molecular formula is C13H16Cl2FNO2S. The molecule has 2 unspecified atom stereocenters. The molecule has 0 amide bonds. The van der Waals surface area contributed by atoms with Crippen molar-refractivity contribution in [2.45, 2.75) is 37.1 Å². The van der Waals surface area contributed by atoms with Gasteiger partial charge in [-0.3, -0.25) is 0 Å². The maximum absolute atomic E-state index is 14.3. The molecule has 7 heteroatoms. The van der Waals surface area contributed by atoms with Gasteiger partial charge in [-0.25, -0.2) is 12.8 Å². The molecule has 1 saturated heterocycles. The van der Waals surface area contributed by atoms with Crippen molar-refractivity contribution in [2.75, 3.05) is 6.54 Å². The van der Waals surface area contributed by atoms with Gasteiger partial charge in [0.2, 0.25) is 10.0 Å². The summed E-state index contributed by atoms with van der Waals surface area (Å²) in [7, 11) is -3.89. The third-order valence-electron chi connectivity index (χ3n) is 3.54. The zero-order valence-corrected chi connectivity index (χ0v) is 13.6. The van der Waals surface area contributed by atoms with Gasteiger partial charge < -0.3 is 0 Å². The molecule has 0 saturated carbocycles. The number of rotatable bonds is 3. The second-order valence-electron chi connectivity index (χ2n) is 5.28. The fourth-order valence-corrected chi connectivity index (χ4v) is 5.02. The highest BCUT2D eigenvalue weighted by Crippen LogP contribution is 2.32. The van der Waals surface area contributed by atoms with E-state index in [4.69, 9.17) is 23.2 Å². The van der Waals surface area contributed by atoms with Crippen molar-refractivity contribution < 1.29 is 12.8 Å². The Kier molecular flexibility index (Phi) is 4.64. The highest BCUT2D eigenvalue weighted by molar-refractivity contribution is 7.89. The number of hydrogen-bond donors (Lipinski definition) is 0.